The number of aromatic nitrogens is 4. The van der Waals surface area contributed by atoms with Crippen LogP contribution in [0.1, 0.15) is 33.2 Å². The molecule has 0 aliphatic carbocycles. The molecule has 3 aromatic heterocycles. The van der Waals surface area contributed by atoms with Gasteiger partial charge in [0.15, 0.2) is 0 Å². The third-order valence-corrected chi connectivity index (χ3v) is 5.61. The van der Waals surface area contributed by atoms with Crippen LogP contribution in [-0.2, 0) is 4.79 Å². The Labute approximate surface area is 155 Å². The molecule has 2 N–H and O–H groups in total. The standard InChI is InChI=1S/C19H22N6O2/c1-11-5-7-24(17(26)19(2,3)10-20)9-14(11)25-15-12-4-6-21-16(12)22-8-13(15)23-18(25)27/h4,6,8,11,14H,5,7,9H2,1-3H3,(H,21,22)(H,23,27)/t11-,14?/m1/s1. The van der Waals surface area contributed by atoms with Gasteiger partial charge in [-0.15, -0.1) is 0 Å². The van der Waals surface area contributed by atoms with Crippen LogP contribution in [0.15, 0.2) is 23.3 Å². The zero-order valence-electron chi connectivity index (χ0n) is 15.6. The van der Waals surface area contributed by atoms with Gasteiger partial charge in [0.2, 0.25) is 5.91 Å². The van der Waals surface area contributed by atoms with Crippen molar-refractivity contribution >= 4 is 28.0 Å². The van der Waals surface area contributed by atoms with Gasteiger partial charge >= 0.3 is 5.69 Å². The molecule has 1 unspecified atom stereocenters. The number of aromatic amines is 2. The normalized spacial score (nSPS) is 20.9. The van der Waals surface area contributed by atoms with E-state index < -0.39 is 5.41 Å². The van der Waals surface area contributed by atoms with Crippen LogP contribution in [0.3, 0.4) is 0 Å². The van der Waals surface area contributed by atoms with Gasteiger partial charge in [0, 0.05) is 24.7 Å². The van der Waals surface area contributed by atoms with Gasteiger partial charge in [-0.2, -0.15) is 5.26 Å². The molecule has 1 aliphatic heterocycles. The topological polar surface area (TPSA) is 111 Å². The van der Waals surface area contributed by atoms with Crippen molar-refractivity contribution in [1.29, 1.82) is 5.26 Å². The largest absolute Gasteiger partial charge is 0.346 e. The Morgan fingerprint density at radius 2 is 2.22 bits per heavy atom. The van der Waals surface area contributed by atoms with Crippen LogP contribution in [0, 0.1) is 22.7 Å². The number of piperidine rings is 1. The molecule has 4 heterocycles. The summed E-state index contributed by atoms with van der Waals surface area (Å²) in [5.74, 6) is 0.0290. The van der Waals surface area contributed by atoms with E-state index in [1.165, 1.54) is 0 Å². The lowest BCUT2D eigenvalue weighted by Gasteiger charge is -2.39. The highest BCUT2D eigenvalue weighted by atomic mass is 16.2. The van der Waals surface area contributed by atoms with Crippen LogP contribution in [0.25, 0.3) is 22.1 Å². The molecule has 140 valence electrons. The number of carbonyl (C=O) groups is 1. The van der Waals surface area contributed by atoms with Gasteiger partial charge in [0.1, 0.15) is 11.1 Å². The third-order valence-electron chi connectivity index (χ3n) is 5.61. The number of carbonyl (C=O) groups excluding carboxylic acids is 1. The first-order chi connectivity index (χ1) is 12.8. The van der Waals surface area contributed by atoms with Crippen molar-refractivity contribution < 1.29 is 4.79 Å². The number of fused-ring (bicyclic) bond motifs is 3. The molecule has 4 rings (SSSR count). The Bertz CT molecular complexity index is 1130. The second-order valence-corrected chi connectivity index (χ2v) is 7.88. The SMILES string of the molecule is C[C@@H]1CCN(C(=O)C(C)(C)C#N)CC1n1c(=O)[nH]c2cnc3[nH]ccc3c21. The Hall–Kier alpha value is -3.08. The van der Waals surface area contributed by atoms with Crippen LogP contribution in [0.5, 0.6) is 0 Å². The van der Waals surface area contributed by atoms with Gasteiger partial charge in [-0.1, -0.05) is 6.92 Å². The van der Waals surface area contributed by atoms with Gasteiger partial charge in [-0.05, 0) is 32.3 Å². The van der Waals surface area contributed by atoms with E-state index in [-0.39, 0.29) is 23.6 Å². The molecule has 0 radical (unpaired) electrons. The maximum atomic E-state index is 12.8. The highest BCUT2D eigenvalue weighted by Gasteiger charge is 2.38. The van der Waals surface area contributed by atoms with E-state index in [0.29, 0.717) is 18.6 Å². The van der Waals surface area contributed by atoms with E-state index in [1.54, 1.807) is 35.7 Å². The minimum atomic E-state index is -1.08. The number of hydrogen-bond donors (Lipinski definition) is 2. The molecule has 0 bridgehead atoms. The second-order valence-electron chi connectivity index (χ2n) is 7.88. The molecule has 8 nitrogen and oxygen atoms in total. The molecular formula is C19H22N6O2. The quantitative estimate of drug-likeness (QED) is 0.724. The fourth-order valence-electron chi connectivity index (χ4n) is 3.95. The van der Waals surface area contributed by atoms with Crippen molar-refractivity contribution in [2.45, 2.75) is 33.2 Å². The zero-order valence-corrected chi connectivity index (χ0v) is 15.6. The summed E-state index contributed by atoms with van der Waals surface area (Å²) >= 11 is 0. The van der Waals surface area contributed by atoms with Gasteiger partial charge in [0.25, 0.3) is 0 Å². The summed E-state index contributed by atoms with van der Waals surface area (Å²) in [5.41, 5.74) is 0.925. The van der Waals surface area contributed by atoms with Crippen molar-refractivity contribution in [2.75, 3.05) is 13.1 Å². The van der Waals surface area contributed by atoms with E-state index in [0.717, 1.165) is 23.0 Å². The predicted octanol–water partition coefficient (Wildman–Crippen LogP) is 2.17. The molecule has 3 aromatic rings. The summed E-state index contributed by atoms with van der Waals surface area (Å²) in [6.07, 6.45) is 4.23. The summed E-state index contributed by atoms with van der Waals surface area (Å²) in [5, 5.41) is 10.2. The molecule has 0 aromatic carbocycles. The number of rotatable bonds is 2. The first-order valence-corrected chi connectivity index (χ1v) is 9.10. The van der Waals surface area contributed by atoms with Crippen molar-refractivity contribution in [3.63, 3.8) is 0 Å². The number of likely N-dealkylation sites (tertiary alicyclic amines) is 1. The minimum Gasteiger partial charge on any atom is -0.346 e. The molecule has 0 saturated carbocycles. The number of nitrogens with zero attached hydrogens (tertiary/aromatic N) is 4. The molecule has 1 fully saturated rings. The Morgan fingerprint density at radius 1 is 1.44 bits per heavy atom. The fraction of sp³-hybridized carbons (Fsp3) is 0.474. The lowest BCUT2D eigenvalue weighted by molar-refractivity contribution is -0.139. The van der Waals surface area contributed by atoms with E-state index in [4.69, 9.17) is 0 Å². The average molecular weight is 366 g/mol. The number of pyridine rings is 1. The summed E-state index contributed by atoms with van der Waals surface area (Å²) in [7, 11) is 0. The monoisotopic (exact) mass is 366 g/mol. The van der Waals surface area contributed by atoms with Gasteiger partial charge in [-0.3, -0.25) is 9.36 Å². The maximum absolute atomic E-state index is 12.8. The van der Waals surface area contributed by atoms with Gasteiger partial charge in [0.05, 0.1) is 29.3 Å². The van der Waals surface area contributed by atoms with Crippen molar-refractivity contribution in [2.24, 2.45) is 11.3 Å². The average Bonchev–Trinajstić information content (AvgIpc) is 3.24. The number of nitriles is 1. The van der Waals surface area contributed by atoms with E-state index in [9.17, 15) is 14.9 Å². The summed E-state index contributed by atoms with van der Waals surface area (Å²) in [6.45, 7) is 6.37. The molecular weight excluding hydrogens is 344 g/mol. The van der Waals surface area contributed by atoms with E-state index in [2.05, 4.69) is 27.9 Å². The number of nitrogens with one attached hydrogen (secondary N) is 2. The van der Waals surface area contributed by atoms with Gasteiger partial charge in [-0.25, -0.2) is 9.78 Å². The first-order valence-electron chi connectivity index (χ1n) is 9.10. The van der Waals surface area contributed by atoms with Crippen LogP contribution >= 0.6 is 0 Å². The number of imidazole rings is 1. The smallest absolute Gasteiger partial charge is 0.326 e. The van der Waals surface area contributed by atoms with Crippen LogP contribution < -0.4 is 5.69 Å². The molecule has 8 heteroatoms. The highest BCUT2D eigenvalue weighted by molar-refractivity contribution is 6.01. The molecule has 1 aliphatic rings. The summed E-state index contributed by atoms with van der Waals surface area (Å²) in [4.78, 5) is 37.6. The Balaban J connectivity index is 1.81. The molecule has 1 saturated heterocycles. The minimum absolute atomic E-state index is 0.168. The molecule has 0 spiro atoms. The Kier molecular flexibility index (Phi) is 3.84. The summed E-state index contributed by atoms with van der Waals surface area (Å²) in [6, 6.07) is 3.82. The van der Waals surface area contributed by atoms with E-state index >= 15 is 0 Å². The lowest BCUT2D eigenvalue weighted by Crippen LogP contribution is -2.49. The lowest BCUT2D eigenvalue weighted by atomic mass is 9.88. The second kappa shape index (κ2) is 5.98. The number of hydrogen-bond acceptors (Lipinski definition) is 4. The molecule has 2 atom stereocenters. The van der Waals surface area contributed by atoms with Gasteiger partial charge < -0.3 is 14.9 Å². The summed E-state index contributed by atoms with van der Waals surface area (Å²) < 4.78 is 1.76. The van der Waals surface area contributed by atoms with Crippen molar-refractivity contribution in [3.8, 4) is 6.07 Å². The fourth-order valence-corrected chi connectivity index (χ4v) is 3.95. The van der Waals surface area contributed by atoms with E-state index in [1.807, 2.05) is 6.07 Å². The molecule has 1 amide bonds. The third kappa shape index (κ3) is 2.62. The highest BCUT2D eigenvalue weighted by Crippen LogP contribution is 2.33. The maximum Gasteiger partial charge on any atom is 0.326 e. The van der Waals surface area contributed by atoms with Crippen LogP contribution in [0.4, 0.5) is 0 Å². The van der Waals surface area contributed by atoms with Crippen LogP contribution in [-0.4, -0.2) is 43.4 Å². The van der Waals surface area contributed by atoms with Crippen molar-refractivity contribution in [3.05, 3.63) is 28.9 Å². The number of amides is 1. The molecule has 27 heavy (non-hydrogen) atoms. The Morgan fingerprint density at radius 3 is 2.96 bits per heavy atom. The van der Waals surface area contributed by atoms with Crippen molar-refractivity contribution in [1.82, 2.24) is 24.4 Å². The predicted molar refractivity (Wildman–Crippen MR) is 101 cm³/mol. The first kappa shape index (κ1) is 17.3. The van der Waals surface area contributed by atoms with Crippen LogP contribution in [0.2, 0.25) is 0 Å². The zero-order chi connectivity index (χ0) is 19.3. The number of H-pyrrole nitrogens is 2.